The highest BCUT2D eigenvalue weighted by Gasteiger charge is 2.31. The number of alkyl halides is 1. The summed E-state index contributed by atoms with van der Waals surface area (Å²) in [6, 6.07) is 0. The fourth-order valence-electron chi connectivity index (χ4n) is 1.35. The summed E-state index contributed by atoms with van der Waals surface area (Å²) >= 11 is 3.48. The molecule has 98 valence electrons. The van der Waals surface area contributed by atoms with Gasteiger partial charge in [-0.1, -0.05) is 36.7 Å². The predicted octanol–water partition coefficient (Wildman–Crippen LogP) is 3.65. The van der Waals surface area contributed by atoms with Gasteiger partial charge in [0.2, 0.25) is 0 Å². The van der Waals surface area contributed by atoms with Crippen LogP contribution >= 0.6 is 15.9 Å². The fourth-order valence-corrected chi connectivity index (χ4v) is 3.85. The van der Waals surface area contributed by atoms with Crippen LogP contribution in [-0.2, 0) is 9.84 Å². The first-order valence-corrected chi connectivity index (χ1v) is 8.47. The van der Waals surface area contributed by atoms with Crippen molar-refractivity contribution < 1.29 is 8.42 Å². The first kappa shape index (κ1) is 16.4. The minimum Gasteiger partial charge on any atom is -0.228 e. The van der Waals surface area contributed by atoms with Crippen molar-refractivity contribution in [2.75, 3.05) is 11.1 Å². The number of hydrogen-bond acceptors (Lipinski definition) is 2. The molecule has 0 radical (unpaired) electrons. The molecule has 0 heterocycles. The molecule has 0 aliphatic heterocycles. The lowest BCUT2D eigenvalue weighted by molar-refractivity contribution is 0.261. The summed E-state index contributed by atoms with van der Waals surface area (Å²) in [7, 11) is -2.98. The molecule has 1 atom stereocenters. The minimum absolute atomic E-state index is 0.150. The van der Waals surface area contributed by atoms with Gasteiger partial charge in [-0.05, 0) is 38.5 Å². The highest BCUT2D eigenvalue weighted by Crippen LogP contribution is 2.31. The zero-order valence-corrected chi connectivity index (χ0v) is 13.7. The van der Waals surface area contributed by atoms with Gasteiger partial charge in [0.05, 0.1) is 10.5 Å². The van der Waals surface area contributed by atoms with Crippen LogP contribution in [0.3, 0.4) is 0 Å². The summed E-state index contributed by atoms with van der Waals surface area (Å²) in [5, 5.41) is 0.857. The summed E-state index contributed by atoms with van der Waals surface area (Å²) in [4.78, 5) is 0. The lowest BCUT2D eigenvalue weighted by Gasteiger charge is -2.30. The Hall–Kier alpha value is 0.430. The molecule has 0 aromatic rings. The summed E-state index contributed by atoms with van der Waals surface area (Å²) in [5.41, 5.74) is 0.150. The van der Waals surface area contributed by atoms with Crippen molar-refractivity contribution >= 4 is 25.8 Å². The van der Waals surface area contributed by atoms with E-state index in [1.54, 1.807) is 20.8 Å². The van der Waals surface area contributed by atoms with E-state index in [1.807, 2.05) is 0 Å². The third-order valence-corrected chi connectivity index (χ3v) is 6.50. The molecule has 0 aliphatic rings. The average Bonchev–Trinajstić information content (AvgIpc) is 2.00. The van der Waals surface area contributed by atoms with Crippen molar-refractivity contribution in [3.05, 3.63) is 0 Å². The number of sulfone groups is 1. The standard InChI is InChI=1S/C12H25BrO2S/c1-11(2,3)10(9-13)7-8-16(14,15)12(4,5)6/h10H,7-9H2,1-6H3. The van der Waals surface area contributed by atoms with Crippen LogP contribution in [0.15, 0.2) is 0 Å². The molecule has 0 bridgehead atoms. The van der Waals surface area contributed by atoms with Crippen LogP contribution in [0.4, 0.5) is 0 Å². The third kappa shape index (κ3) is 4.74. The predicted molar refractivity (Wildman–Crippen MR) is 74.9 cm³/mol. The molecule has 0 spiro atoms. The minimum atomic E-state index is -2.98. The number of rotatable bonds is 4. The molecule has 0 N–H and O–H groups in total. The molecule has 0 saturated carbocycles. The summed E-state index contributed by atoms with van der Waals surface area (Å²) in [6.07, 6.45) is 0.731. The van der Waals surface area contributed by atoms with Gasteiger partial charge in [-0.15, -0.1) is 0 Å². The molecule has 0 aromatic heterocycles. The second-order valence-corrected chi connectivity index (χ2v) is 9.95. The second kappa shape index (κ2) is 5.38. The van der Waals surface area contributed by atoms with Crippen LogP contribution in [-0.4, -0.2) is 24.2 Å². The van der Waals surface area contributed by atoms with Crippen molar-refractivity contribution in [3.63, 3.8) is 0 Å². The normalized spacial score (nSPS) is 16.2. The van der Waals surface area contributed by atoms with Gasteiger partial charge in [-0.25, -0.2) is 8.42 Å². The Kier molecular flexibility index (Phi) is 5.53. The van der Waals surface area contributed by atoms with Gasteiger partial charge in [0, 0.05) is 5.33 Å². The van der Waals surface area contributed by atoms with Crippen LogP contribution in [0.1, 0.15) is 48.0 Å². The van der Waals surface area contributed by atoms with E-state index >= 15 is 0 Å². The van der Waals surface area contributed by atoms with Crippen molar-refractivity contribution in [3.8, 4) is 0 Å². The Labute approximate surface area is 109 Å². The van der Waals surface area contributed by atoms with E-state index < -0.39 is 14.6 Å². The monoisotopic (exact) mass is 312 g/mol. The van der Waals surface area contributed by atoms with Gasteiger partial charge in [-0.2, -0.15) is 0 Å². The van der Waals surface area contributed by atoms with Gasteiger partial charge >= 0.3 is 0 Å². The molecular formula is C12H25BrO2S. The molecule has 0 aromatic carbocycles. The van der Waals surface area contributed by atoms with Gasteiger partial charge in [0.1, 0.15) is 0 Å². The molecule has 1 unspecified atom stereocenters. The highest BCUT2D eigenvalue weighted by atomic mass is 79.9. The molecule has 0 saturated heterocycles. The van der Waals surface area contributed by atoms with E-state index in [9.17, 15) is 8.42 Å². The van der Waals surface area contributed by atoms with Crippen molar-refractivity contribution in [1.29, 1.82) is 0 Å². The molecule has 0 aliphatic carbocycles. The number of halogens is 1. The second-order valence-electron chi connectivity index (χ2n) is 6.44. The Balaban J connectivity index is 4.58. The Morgan fingerprint density at radius 3 is 1.75 bits per heavy atom. The molecular weight excluding hydrogens is 288 g/mol. The van der Waals surface area contributed by atoms with Crippen LogP contribution < -0.4 is 0 Å². The third-order valence-electron chi connectivity index (χ3n) is 3.08. The van der Waals surface area contributed by atoms with Gasteiger partial charge in [-0.3, -0.25) is 0 Å². The van der Waals surface area contributed by atoms with E-state index in [1.165, 1.54) is 0 Å². The summed E-state index contributed by atoms with van der Waals surface area (Å²) in [6.45, 7) is 11.8. The maximum absolute atomic E-state index is 12.0. The maximum Gasteiger partial charge on any atom is 0.155 e. The van der Waals surface area contributed by atoms with Crippen LogP contribution in [0.5, 0.6) is 0 Å². The molecule has 4 heteroatoms. The molecule has 2 nitrogen and oxygen atoms in total. The average molecular weight is 313 g/mol. The smallest absolute Gasteiger partial charge is 0.155 e. The van der Waals surface area contributed by atoms with Crippen molar-refractivity contribution in [2.24, 2.45) is 11.3 Å². The van der Waals surface area contributed by atoms with Crippen LogP contribution in [0.25, 0.3) is 0 Å². The first-order valence-electron chi connectivity index (χ1n) is 5.70. The lowest BCUT2D eigenvalue weighted by Crippen LogP contribution is -2.33. The molecule has 0 rings (SSSR count). The van der Waals surface area contributed by atoms with Crippen LogP contribution in [0.2, 0.25) is 0 Å². The molecule has 16 heavy (non-hydrogen) atoms. The quantitative estimate of drug-likeness (QED) is 0.743. The summed E-state index contributed by atoms with van der Waals surface area (Å²) in [5.74, 6) is 0.675. The molecule has 0 fully saturated rings. The Morgan fingerprint density at radius 2 is 1.50 bits per heavy atom. The number of hydrogen-bond donors (Lipinski definition) is 0. The van der Waals surface area contributed by atoms with E-state index in [4.69, 9.17) is 0 Å². The van der Waals surface area contributed by atoms with E-state index in [-0.39, 0.29) is 11.2 Å². The zero-order chi connectivity index (χ0) is 13.2. The topological polar surface area (TPSA) is 34.1 Å². The van der Waals surface area contributed by atoms with Crippen molar-refractivity contribution in [2.45, 2.75) is 52.7 Å². The zero-order valence-electron chi connectivity index (χ0n) is 11.3. The fraction of sp³-hybridized carbons (Fsp3) is 1.00. The summed E-state index contributed by atoms with van der Waals surface area (Å²) < 4.78 is 23.3. The Morgan fingerprint density at radius 1 is 1.06 bits per heavy atom. The van der Waals surface area contributed by atoms with Gasteiger partial charge < -0.3 is 0 Å². The van der Waals surface area contributed by atoms with Gasteiger partial charge in [0.25, 0.3) is 0 Å². The van der Waals surface area contributed by atoms with E-state index in [0.29, 0.717) is 5.92 Å². The lowest BCUT2D eigenvalue weighted by atomic mass is 9.80. The maximum atomic E-state index is 12.0. The van der Waals surface area contributed by atoms with Crippen LogP contribution in [0, 0.1) is 11.3 Å². The van der Waals surface area contributed by atoms with Crippen molar-refractivity contribution in [1.82, 2.24) is 0 Å². The molecule has 0 amide bonds. The van der Waals surface area contributed by atoms with E-state index in [2.05, 4.69) is 36.7 Å². The highest BCUT2D eigenvalue weighted by molar-refractivity contribution is 9.09. The van der Waals surface area contributed by atoms with E-state index in [0.717, 1.165) is 11.8 Å². The SMILES string of the molecule is CC(C)(C)C(CBr)CCS(=O)(=O)C(C)(C)C. The van der Waals surface area contributed by atoms with Gasteiger partial charge in [0.15, 0.2) is 9.84 Å². The first-order chi connectivity index (χ1) is 6.92. The largest absolute Gasteiger partial charge is 0.228 e. The Bertz CT molecular complexity index is 307.